The summed E-state index contributed by atoms with van der Waals surface area (Å²) in [6, 6.07) is 21.2. The van der Waals surface area contributed by atoms with Crippen LogP contribution in [-0.2, 0) is 9.16 Å². The SMILES string of the molecule is C/C=C/[C@](C)(NC(=O)OC(C)(C)C)[C@@H](CC)O[Si](c1ccccc1)(c1ccccc1)C(C)(C)C. The van der Waals surface area contributed by atoms with Crippen LogP contribution in [0.1, 0.15) is 68.7 Å². The van der Waals surface area contributed by atoms with E-state index in [1.165, 1.54) is 10.4 Å². The molecule has 4 nitrogen and oxygen atoms in total. The van der Waals surface area contributed by atoms with Gasteiger partial charge in [-0.2, -0.15) is 0 Å². The fourth-order valence-electron chi connectivity index (χ4n) is 4.63. The van der Waals surface area contributed by atoms with Crippen LogP contribution in [-0.4, -0.2) is 31.7 Å². The Morgan fingerprint density at radius 1 is 0.912 bits per heavy atom. The van der Waals surface area contributed by atoms with Crippen molar-refractivity contribution in [3.63, 3.8) is 0 Å². The van der Waals surface area contributed by atoms with Gasteiger partial charge >= 0.3 is 6.09 Å². The smallest absolute Gasteiger partial charge is 0.408 e. The second kappa shape index (κ2) is 10.9. The maximum Gasteiger partial charge on any atom is 0.408 e. The zero-order chi connectivity index (χ0) is 25.6. The molecule has 0 bridgehead atoms. The van der Waals surface area contributed by atoms with Crippen LogP contribution in [0, 0.1) is 0 Å². The van der Waals surface area contributed by atoms with Gasteiger partial charge in [-0.3, -0.25) is 0 Å². The molecule has 0 radical (unpaired) electrons. The van der Waals surface area contributed by atoms with Gasteiger partial charge in [0.25, 0.3) is 8.32 Å². The number of carbonyl (C=O) groups is 1. The highest BCUT2D eigenvalue weighted by molar-refractivity contribution is 6.99. The lowest BCUT2D eigenvalue weighted by Crippen LogP contribution is -2.70. The van der Waals surface area contributed by atoms with Gasteiger partial charge in [0.1, 0.15) is 5.60 Å². The first kappa shape index (κ1) is 27.9. The Kier molecular flexibility index (Phi) is 8.95. The summed E-state index contributed by atoms with van der Waals surface area (Å²) in [4.78, 5) is 12.9. The second-order valence-corrected chi connectivity index (χ2v) is 15.3. The van der Waals surface area contributed by atoms with E-state index in [9.17, 15) is 4.79 Å². The average molecular weight is 482 g/mol. The van der Waals surface area contributed by atoms with E-state index in [-0.39, 0.29) is 11.1 Å². The number of allylic oxidation sites excluding steroid dienone is 1. The van der Waals surface area contributed by atoms with Crippen LogP contribution in [0.4, 0.5) is 4.79 Å². The average Bonchev–Trinajstić information content (AvgIpc) is 2.73. The van der Waals surface area contributed by atoms with Crippen LogP contribution in [0.15, 0.2) is 72.8 Å². The summed E-state index contributed by atoms with van der Waals surface area (Å²) in [7, 11) is -2.80. The highest BCUT2D eigenvalue weighted by atomic mass is 28.4. The minimum atomic E-state index is -2.80. The summed E-state index contributed by atoms with van der Waals surface area (Å²) in [5.41, 5.74) is -1.33. The molecule has 0 saturated heterocycles. The Morgan fingerprint density at radius 3 is 1.74 bits per heavy atom. The second-order valence-electron chi connectivity index (χ2n) is 11.1. The van der Waals surface area contributed by atoms with Crippen molar-refractivity contribution in [3.05, 3.63) is 72.8 Å². The van der Waals surface area contributed by atoms with Crippen molar-refractivity contribution in [1.82, 2.24) is 5.32 Å². The number of hydrogen-bond acceptors (Lipinski definition) is 3. The van der Waals surface area contributed by atoms with Gasteiger partial charge in [0, 0.05) is 0 Å². The van der Waals surface area contributed by atoms with Crippen molar-refractivity contribution < 1.29 is 14.0 Å². The molecular weight excluding hydrogens is 438 g/mol. The molecule has 0 heterocycles. The van der Waals surface area contributed by atoms with Crippen LogP contribution < -0.4 is 15.7 Å². The Morgan fingerprint density at radius 2 is 1.38 bits per heavy atom. The number of hydrogen-bond donors (Lipinski definition) is 1. The van der Waals surface area contributed by atoms with Crippen LogP contribution >= 0.6 is 0 Å². The quantitative estimate of drug-likeness (QED) is 0.361. The summed E-state index contributed by atoms with van der Waals surface area (Å²) < 4.78 is 13.0. The van der Waals surface area contributed by atoms with Crippen molar-refractivity contribution in [3.8, 4) is 0 Å². The zero-order valence-corrected chi connectivity index (χ0v) is 23.4. The Bertz CT molecular complexity index is 905. The highest BCUT2D eigenvalue weighted by Gasteiger charge is 2.53. The first-order valence-electron chi connectivity index (χ1n) is 12.2. The van der Waals surface area contributed by atoms with Crippen molar-refractivity contribution in [2.24, 2.45) is 0 Å². The van der Waals surface area contributed by atoms with Gasteiger partial charge in [0.05, 0.1) is 11.6 Å². The molecule has 2 rings (SSSR count). The molecule has 5 heteroatoms. The van der Waals surface area contributed by atoms with E-state index in [0.29, 0.717) is 0 Å². The third-order valence-corrected chi connectivity index (χ3v) is 11.1. The van der Waals surface area contributed by atoms with E-state index in [1.807, 2.05) is 58.9 Å². The molecule has 0 aliphatic carbocycles. The molecule has 186 valence electrons. The molecular formula is C29H43NO3Si. The van der Waals surface area contributed by atoms with Crippen LogP contribution in [0.2, 0.25) is 5.04 Å². The van der Waals surface area contributed by atoms with Gasteiger partial charge in [-0.15, -0.1) is 0 Å². The fraction of sp³-hybridized carbons (Fsp3) is 0.483. The van der Waals surface area contributed by atoms with Gasteiger partial charge in [-0.25, -0.2) is 4.79 Å². The van der Waals surface area contributed by atoms with Crippen molar-refractivity contribution in [1.29, 1.82) is 0 Å². The topological polar surface area (TPSA) is 47.6 Å². The van der Waals surface area contributed by atoms with E-state index < -0.39 is 25.6 Å². The number of amides is 1. The molecule has 0 aromatic heterocycles. The molecule has 1 N–H and O–H groups in total. The minimum Gasteiger partial charge on any atom is -0.444 e. The Labute approximate surface area is 207 Å². The van der Waals surface area contributed by atoms with E-state index >= 15 is 0 Å². The lowest BCUT2D eigenvalue weighted by molar-refractivity contribution is 0.0368. The summed E-state index contributed by atoms with van der Waals surface area (Å²) in [5.74, 6) is 0. The lowest BCUT2D eigenvalue weighted by atomic mass is 9.92. The summed E-state index contributed by atoms with van der Waals surface area (Å²) >= 11 is 0. The van der Waals surface area contributed by atoms with Gasteiger partial charge in [-0.05, 0) is 56.5 Å². The molecule has 1 amide bonds. The standard InChI is InChI=1S/C29H43NO3Si/c1-10-22-29(9,30-26(31)32-27(3,4)5)25(11-2)33-34(28(6,7)8,23-18-14-12-15-19-23)24-20-16-13-17-21-24/h10,12-22,25H,11H2,1-9H3,(H,30,31)/b22-10+/t25-,29+/m1/s1. The summed E-state index contributed by atoms with van der Waals surface area (Å²) in [5, 5.41) is 5.40. The van der Waals surface area contributed by atoms with Crippen LogP contribution in [0.25, 0.3) is 0 Å². The molecule has 2 aromatic rings. The predicted octanol–water partition coefficient (Wildman–Crippen LogP) is 6.20. The van der Waals surface area contributed by atoms with E-state index in [0.717, 1.165) is 6.42 Å². The first-order chi connectivity index (χ1) is 15.8. The number of nitrogens with one attached hydrogen (secondary N) is 1. The Balaban J connectivity index is 2.66. The first-order valence-corrected chi connectivity index (χ1v) is 14.1. The van der Waals surface area contributed by atoms with Crippen LogP contribution in [0.5, 0.6) is 0 Å². The van der Waals surface area contributed by atoms with E-state index in [1.54, 1.807) is 0 Å². The third-order valence-electron chi connectivity index (χ3n) is 6.06. The fourth-order valence-corrected chi connectivity index (χ4v) is 9.49. The molecule has 0 aliphatic rings. The molecule has 34 heavy (non-hydrogen) atoms. The number of ether oxygens (including phenoxy) is 1. The highest BCUT2D eigenvalue weighted by Crippen LogP contribution is 2.39. The largest absolute Gasteiger partial charge is 0.444 e. The van der Waals surface area contributed by atoms with E-state index in [2.05, 4.69) is 81.5 Å². The van der Waals surface area contributed by atoms with E-state index in [4.69, 9.17) is 9.16 Å². The van der Waals surface area contributed by atoms with Gasteiger partial charge < -0.3 is 14.5 Å². The number of carbonyl (C=O) groups excluding carboxylic acids is 1. The molecule has 0 spiro atoms. The van der Waals surface area contributed by atoms with Crippen molar-refractivity contribution in [2.75, 3.05) is 0 Å². The molecule has 2 aromatic carbocycles. The molecule has 0 fully saturated rings. The van der Waals surface area contributed by atoms with Gasteiger partial charge in [0.15, 0.2) is 0 Å². The minimum absolute atomic E-state index is 0.161. The maximum absolute atomic E-state index is 12.9. The maximum atomic E-state index is 12.9. The summed E-state index contributed by atoms with van der Waals surface area (Å²) in [6.07, 6.45) is 3.99. The predicted molar refractivity (Wildman–Crippen MR) is 145 cm³/mol. The molecule has 0 aliphatic heterocycles. The lowest BCUT2D eigenvalue weighted by Gasteiger charge is -2.48. The number of alkyl carbamates (subject to hydrolysis) is 1. The number of rotatable bonds is 8. The van der Waals surface area contributed by atoms with Crippen molar-refractivity contribution in [2.45, 2.75) is 91.0 Å². The Hall–Kier alpha value is -2.37. The van der Waals surface area contributed by atoms with Gasteiger partial charge in [0.2, 0.25) is 0 Å². The number of benzene rings is 2. The third kappa shape index (κ3) is 6.39. The van der Waals surface area contributed by atoms with Crippen molar-refractivity contribution >= 4 is 24.8 Å². The molecule has 2 atom stereocenters. The normalized spacial score (nSPS) is 15.6. The van der Waals surface area contributed by atoms with Gasteiger partial charge in [-0.1, -0.05) is 101 Å². The molecule has 0 saturated carbocycles. The monoisotopic (exact) mass is 481 g/mol. The molecule has 0 unspecified atom stereocenters. The summed E-state index contributed by atoms with van der Waals surface area (Å²) in [6.45, 7) is 18.5. The van der Waals surface area contributed by atoms with Crippen LogP contribution in [0.3, 0.4) is 0 Å². The zero-order valence-electron chi connectivity index (χ0n) is 22.4.